The number of carbonyl (C=O) groups excluding carboxylic acids is 1. The van der Waals surface area contributed by atoms with Crippen LogP contribution in [0, 0.1) is 13.8 Å². The first-order valence-electron chi connectivity index (χ1n) is 9.01. The van der Waals surface area contributed by atoms with Crippen LogP contribution >= 0.6 is 0 Å². The molecule has 25 heavy (non-hydrogen) atoms. The van der Waals surface area contributed by atoms with Gasteiger partial charge < -0.3 is 10.1 Å². The summed E-state index contributed by atoms with van der Waals surface area (Å²) < 4.78 is 5.68. The van der Waals surface area contributed by atoms with Crippen LogP contribution in [0.25, 0.3) is 0 Å². The van der Waals surface area contributed by atoms with E-state index in [1.807, 2.05) is 18.2 Å². The number of ether oxygens (including phenoxy) is 1. The Bertz CT molecular complexity index is 690. The highest BCUT2D eigenvalue weighted by molar-refractivity contribution is 5.76. The summed E-state index contributed by atoms with van der Waals surface area (Å²) in [5.41, 5.74) is 5.00. The van der Waals surface area contributed by atoms with Crippen molar-refractivity contribution in [2.24, 2.45) is 0 Å². The number of benzene rings is 2. The molecule has 0 aliphatic rings. The largest absolute Gasteiger partial charge is 0.492 e. The van der Waals surface area contributed by atoms with E-state index in [0.29, 0.717) is 25.5 Å². The first-order valence-corrected chi connectivity index (χ1v) is 9.01. The van der Waals surface area contributed by atoms with E-state index in [1.54, 1.807) is 0 Å². The fourth-order valence-electron chi connectivity index (χ4n) is 2.58. The maximum Gasteiger partial charge on any atom is 0.220 e. The minimum atomic E-state index is 0.0663. The molecular weight excluding hydrogens is 310 g/mol. The zero-order valence-electron chi connectivity index (χ0n) is 15.8. The molecule has 2 aromatic carbocycles. The molecule has 0 atom stereocenters. The Kier molecular flexibility index (Phi) is 7.05. The van der Waals surface area contributed by atoms with E-state index >= 15 is 0 Å². The molecule has 134 valence electrons. The first kappa shape index (κ1) is 19.0. The highest BCUT2D eigenvalue weighted by Gasteiger charge is 2.04. The summed E-state index contributed by atoms with van der Waals surface area (Å²) in [4.78, 5) is 11.9. The summed E-state index contributed by atoms with van der Waals surface area (Å²) in [6, 6.07) is 14.6. The third-order valence-corrected chi connectivity index (χ3v) is 4.46. The van der Waals surface area contributed by atoms with Gasteiger partial charge in [0.15, 0.2) is 0 Å². The number of rotatable bonds is 8. The van der Waals surface area contributed by atoms with Gasteiger partial charge in [0, 0.05) is 6.42 Å². The van der Waals surface area contributed by atoms with E-state index < -0.39 is 0 Å². The van der Waals surface area contributed by atoms with Crippen LogP contribution in [0.1, 0.15) is 48.4 Å². The summed E-state index contributed by atoms with van der Waals surface area (Å²) in [7, 11) is 0. The van der Waals surface area contributed by atoms with Crippen LogP contribution in [-0.4, -0.2) is 19.1 Å². The topological polar surface area (TPSA) is 38.3 Å². The van der Waals surface area contributed by atoms with Crippen LogP contribution in [0.5, 0.6) is 5.75 Å². The van der Waals surface area contributed by atoms with E-state index in [1.165, 1.54) is 22.3 Å². The molecule has 0 saturated heterocycles. The summed E-state index contributed by atoms with van der Waals surface area (Å²) in [5.74, 6) is 1.45. The van der Waals surface area contributed by atoms with Gasteiger partial charge in [-0.2, -0.15) is 0 Å². The third-order valence-electron chi connectivity index (χ3n) is 4.46. The fourth-order valence-corrected chi connectivity index (χ4v) is 2.58. The number of amides is 1. The van der Waals surface area contributed by atoms with E-state index in [-0.39, 0.29) is 5.91 Å². The van der Waals surface area contributed by atoms with Gasteiger partial charge in [0.2, 0.25) is 5.91 Å². The van der Waals surface area contributed by atoms with E-state index in [9.17, 15) is 4.79 Å². The second-order valence-corrected chi connectivity index (χ2v) is 6.84. The van der Waals surface area contributed by atoms with Crippen LogP contribution in [0.2, 0.25) is 0 Å². The lowest BCUT2D eigenvalue weighted by atomic mass is 10.0. The number of hydrogen-bond donors (Lipinski definition) is 1. The van der Waals surface area contributed by atoms with Gasteiger partial charge >= 0.3 is 0 Å². The van der Waals surface area contributed by atoms with Gasteiger partial charge in [-0.25, -0.2) is 0 Å². The zero-order valence-corrected chi connectivity index (χ0v) is 15.8. The van der Waals surface area contributed by atoms with Crippen molar-refractivity contribution < 1.29 is 9.53 Å². The molecule has 1 N–H and O–H groups in total. The molecule has 0 radical (unpaired) electrons. The molecule has 0 spiro atoms. The minimum absolute atomic E-state index is 0.0663. The predicted octanol–water partition coefficient (Wildman–Crippen LogP) is 4.55. The zero-order chi connectivity index (χ0) is 18.2. The van der Waals surface area contributed by atoms with Crippen molar-refractivity contribution in [2.75, 3.05) is 13.2 Å². The predicted molar refractivity (Wildman–Crippen MR) is 103 cm³/mol. The summed E-state index contributed by atoms with van der Waals surface area (Å²) >= 11 is 0. The van der Waals surface area contributed by atoms with Crippen molar-refractivity contribution in [1.82, 2.24) is 5.32 Å². The number of hydrogen-bond acceptors (Lipinski definition) is 2. The van der Waals surface area contributed by atoms with Gasteiger partial charge in [0.1, 0.15) is 12.4 Å². The van der Waals surface area contributed by atoms with E-state index in [0.717, 1.165) is 12.2 Å². The van der Waals surface area contributed by atoms with Gasteiger partial charge in [0.25, 0.3) is 0 Å². The maximum atomic E-state index is 11.9. The second kappa shape index (κ2) is 9.26. The smallest absolute Gasteiger partial charge is 0.220 e. The molecule has 0 bridgehead atoms. The van der Waals surface area contributed by atoms with Gasteiger partial charge in [-0.15, -0.1) is 0 Å². The Balaban J connectivity index is 1.66. The Morgan fingerprint density at radius 3 is 2.40 bits per heavy atom. The Labute approximate surface area is 151 Å². The van der Waals surface area contributed by atoms with Gasteiger partial charge in [-0.05, 0) is 60.6 Å². The molecule has 0 aliphatic carbocycles. The molecule has 0 aliphatic heterocycles. The van der Waals surface area contributed by atoms with Crippen molar-refractivity contribution in [3.63, 3.8) is 0 Å². The van der Waals surface area contributed by atoms with Crippen molar-refractivity contribution in [1.29, 1.82) is 0 Å². The lowest BCUT2D eigenvalue weighted by Gasteiger charge is -2.10. The highest BCUT2D eigenvalue weighted by Crippen LogP contribution is 2.16. The standard InChI is InChI=1S/C22H29NO2/c1-16(2)20-9-6-19(7-10-20)8-12-22(24)23-13-14-25-21-11-5-17(3)18(4)15-21/h5-7,9-11,15-16H,8,12-14H2,1-4H3,(H,23,24). The molecule has 3 nitrogen and oxygen atoms in total. The van der Waals surface area contributed by atoms with Crippen molar-refractivity contribution in [2.45, 2.75) is 46.5 Å². The van der Waals surface area contributed by atoms with Crippen LogP contribution in [0.15, 0.2) is 42.5 Å². The molecule has 3 heteroatoms. The van der Waals surface area contributed by atoms with Gasteiger partial charge in [-0.1, -0.05) is 44.2 Å². The third kappa shape index (κ3) is 6.26. The Morgan fingerprint density at radius 2 is 1.76 bits per heavy atom. The number of nitrogens with one attached hydrogen (secondary N) is 1. The molecule has 0 aromatic heterocycles. The molecule has 2 aromatic rings. The SMILES string of the molecule is Cc1ccc(OCCNC(=O)CCc2ccc(C(C)C)cc2)cc1C. The average Bonchev–Trinajstić information content (AvgIpc) is 2.60. The summed E-state index contributed by atoms with van der Waals surface area (Å²) in [5, 5.41) is 2.91. The lowest BCUT2D eigenvalue weighted by molar-refractivity contribution is -0.121. The van der Waals surface area contributed by atoms with Gasteiger partial charge in [-0.3, -0.25) is 4.79 Å². The van der Waals surface area contributed by atoms with E-state index in [2.05, 4.69) is 57.3 Å². The molecular formula is C22H29NO2. The van der Waals surface area contributed by atoms with Crippen molar-refractivity contribution in [3.05, 3.63) is 64.7 Å². The van der Waals surface area contributed by atoms with Crippen LogP contribution in [-0.2, 0) is 11.2 Å². The van der Waals surface area contributed by atoms with Crippen LogP contribution in [0.3, 0.4) is 0 Å². The van der Waals surface area contributed by atoms with Gasteiger partial charge in [0.05, 0.1) is 6.54 Å². The molecule has 0 heterocycles. The van der Waals surface area contributed by atoms with Crippen molar-refractivity contribution in [3.8, 4) is 5.75 Å². The Morgan fingerprint density at radius 1 is 1.04 bits per heavy atom. The lowest BCUT2D eigenvalue weighted by Crippen LogP contribution is -2.28. The monoisotopic (exact) mass is 339 g/mol. The number of carbonyl (C=O) groups is 1. The second-order valence-electron chi connectivity index (χ2n) is 6.84. The quantitative estimate of drug-likeness (QED) is 0.716. The summed E-state index contributed by atoms with van der Waals surface area (Å²) in [6.07, 6.45) is 1.27. The van der Waals surface area contributed by atoms with Crippen LogP contribution in [0.4, 0.5) is 0 Å². The normalized spacial score (nSPS) is 10.8. The average molecular weight is 339 g/mol. The molecule has 0 unspecified atom stereocenters. The molecule has 1 amide bonds. The maximum absolute atomic E-state index is 11.9. The van der Waals surface area contributed by atoms with Crippen LogP contribution < -0.4 is 10.1 Å². The molecule has 2 rings (SSSR count). The van der Waals surface area contributed by atoms with E-state index in [4.69, 9.17) is 4.74 Å². The fraction of sp³-hybridized carbons (Fsp3) is 0.409. The minimum Gasteiger partial charge on any atom is -0.492 e. The number of aryl methyl sites for hydroxylation is 3. The summed E-state index contributed by atoms with van der Waals surface area (Å²) in [6.45, 7) is 9.52. The Hall–Kier alpha value is -2.29. The molecule has 0 fully saturated rings. The first-order chi connectivity index (χ1) is 12.0. The molecule has 0 saturated carbocycles. The van der Waals surface area contributed by atoms with Crippen molar-refractivity contribution >= 4 is 5.91 Å². The highest BCUT2D eigenvalue weighted by atomic mass is 16.5.